The quantitative estimate of drug-likeness (QED) is 0.756. The number of hydrogen-bond acceptors (Lipinski definition) is 5. The second-order valence-corrected chi connectivity index (χ2v) is 3.21. The van der Waals surface area contributed by atoms with Gasteiger partial charge in [0, 0.05) is 6.92 Å². The fourth-order valence-corrected chi connectivity index (χ4v) is 1.17. The van der Waals surface area contributed by atoms with E-state index in [0.29, 0.717) is 5.75 Å². The first-order valence-electron chi connectivity index (χ1n) is 4.97. The number of carbonyl (C=O) groups excluding carboxylic acids is 1. The molecule has 0 aliphatic rings. The van der Waals surface area contributed by atoms with E-state index in [1.807, 2.05) is 18.2 Å². The third kappa shape index (κ3) is 3.27. The van der Waals surface area contributed by atoms with Crippen molar-refractivity contribution >= 4 is 5.97 Å². The van der Waals surface area contributed by atoms with Crippen LogP contribution < -0.4 is 9.47 Å². The largest absolute Gasteiger partial charge is 0.424 e. The maximum absolute atomic E-state index is 10.7. The molecule has 0 amide bonds. The molecule has 0 fully saturated rings. The van der Waals surface area contributed by atoms with E-state index in [1.54, 1.807) is 12.1 Å². The van der Waals surface area contributed by atoms with Gasteiger partial charge < -0.3 is 9.47 Å². The molecule has 1 aromatic carbocycles. The summed E-state index contributed by atoms with van der Waals surface area (Å²) in [6.45, 7) is 1.31. The van der Waals surface area contributed by atoms with Crippen molar-refractivity contribution in [3.63, 3.8) is 0 Å². The Labute approximate surface area is 98.0 Å². The fourth-order valence-electron chi connectivity index (χ4n) is 1.17. The van der Waals surface area contributed by atoms with Crippen molar-refractivity contribution in [1.82, 2.24) is 9.97 Å². The van der Waals surface area contributed by atoms with Crippen LogP contribution in [0.2, 0.25) is 0 Å². The zero-order valence-electron chi connectivity index (χ0n) is 9.16. The fraction of sp³-hybridized carbons (Fsp3) is 0.0833. The molecule has 86 valence electrons. The van der Waals surface area contributed by atoms with Crippen molar-refractivity contribution in [2.45, 2.75) is 6.92 Å². The van der Waals surface area contributed by atoms with Crippen LogP contribution in [0.4, 0.5) is 0 Å². The van der Waals surface area contributed by atoms with Crippen molar-refractivity contribution in [2.24, 2.45) is 0 Å². The van der Waals surface area contributed by atoms with Crippen molar-refractivity contribution in [3.05, 3.63) is 42.7 Å². The number of aromatic nitrogens is 2. The molecule has 5 heteroatoms. The zero-order valence-corrected chi connectivity index (χ0v) is 9.16. The summed E-state index contributed by atoms with van der Waals surface area (Å²) in [7, 11) is 0. The maximum Gasteiger partial charge on any atom is 0.322 e. The Balaban J connectivity index is 2.06. The number of carbonyl (C=O) groups is 1. The van der Waals surface area contributed by atoms with E-state index in [1.165, 1.54) is 19.3 Å². The van der Waals surface area contributed by atoms with Crippen molar-refractivity contribution in [3.8, 4) is 17.5 Å². The smallest absolute Gasteiger partial charge is 0.322 e. The Morgan fingerprint density at radius 1 is 1.06 bits per heavy atom. The van der Waals surface area contributed by atoms with Gasteiger partial charge in [-0.3, -0.25) is 4.79 Å². The number of ether oxygens (including phenoxy) is 2. The zero-order chi connectivity index (χ0) is 12.1. The van der Waals surface area contributed by atoms with Gasteiger partial charge in [-0.05, 0) is 12.1 Å². The van der Waals surface area contributed by atoms with Gasteiger partial charge in [-0.25, -0.2) is 0 Å². The van der Waals surface area contributed by atoms with E-state index < -0.39 is 5.97 Å². The van der Waals surface area contributed by atoms with E-state index in [9.17, 15) is 4.79 Å². The summed E-state index contributed by atoms with van der Waals surface area (Å²) in [5.74, 6) is 0.524. The third-order valence-corrected chi connectivity index (χ3v) is 1.82. The minimum absolute atomic E-state index is 0.201. The Morgan fingerprint density at radius 3 is 2.29 bits per heavy atom. The number of nitrogens with zero attached hydrogens (tertiary/aromatic N) is 2. The molecule has 0 atom stereocenters. The number of para-hydroxylation sites is 1. The van der Waals surface area contributed by atoms with Gasteiger partial charge in [-0.15, -0.1) is 0 Å². The van der Waals surface area contributed by atoms with Gasteiger partial charge in [0.2, 0.25) is 0 Å². The highest BCUT2D eigenvalue weighted by Crippen LogP contribution is 2.17. The van der Waals surface area contributed by atoms with Crippen LogP contribution in [-0.4, -0.2) is 15.9 Å². The molecule has 2 aromatic rings. The first kappa shape index (κ1) is 11.1. The molecule has 0 aliphatic carbocycles. The van der Waals surface area contributed by atoms with Gasteiger partial charge in [0.15, 0.2) is 5.75 Å². The lowest BCUT2D eigenvalue weighted by Gasteiger charge is -2.03. The predicted molar refractivity (Wildman–Crippen MR) is 59.9 cm³/mol. The van der Waals surface area contributed by atoms with Crippen molar-refractivity contribution < 1.29 is 14.3 Å². The van der Waals surface area contributed by atoms with Crippen LogP contribution in [0.5, 0.6) is 17.5 Å². The lowest BCUT2D eigenvalue weighted by atomic mass is 10.3. The predicted octanol–water partition coefficient (Wildman–Crippen LogP) is 2.19. The molecule has 0 spiro atoms. The summed E-state index contributed by atoms with van der Waals surface area (Å²) >= 11 is 0. The molecule has 0 unspecified atom stereocenters. The lowest BCUT2D eigenvalue weighted by molar-refractivity contribution is -0.131. The molecule has 1 aromatic heterocycles. The summed E-state index contributed by atoms with van der Waals surface area (Å²) < 4.78 is 10.2. The molecule has 0 radical (unpaired) electrons. The number of rotatable bonds is 3. The van der Waals surface area contributed by atoms with E-state index in [-0.39, 0.29) is 11.8 Å². The average molecular weight is 230 g/mol. The van der Waals surface area contributed by atoms with E-state index in [4.69, 9.17) is 9.47 Å². The van der Waals surface area contributed by atoms with Gasteiger partial charge in [-0.2, -0.15) is 9.97 Å². The summed E-state index contributed by atoms with van der Waals surface area (Å²) in [5.41, 5.74) is 0. The highest BCUT2D eigenvalue weighted by atomic mass is 16.5. The molecule has 2 rings (SSSR count). The van der Waals surface area contributed by atoms with E-state index in [0.717, 1.165) is 0 Å². The van der Waals surface area contributed by atoms with E-state index >= 15 is 0 Å². The van der Waals surface area contributed by atoms with Gasteiger partial charge in [-0.1, -0.05) is 18.2 Å². The second kappa shape index (κ2) is 5.07. The maximum atomic E-state index is 10.7. The minimum Gasteiger partial charge on any atom is -0.424 e. The van der Waals surface area contributed by atoms with Gasteiger partial charge >= 0.3 is 12.0 Å². The molecule has 17 heavy (non-hydrogen) atoms. The molecule has 1 heterocycles. The van der Waals surface area contributed by atoms with Crippen LogP contribution >= 0.6 is 0 Å². The van der Waals surface area contributed by atoms with E-state index in [2.05, 4.69) is 9.97 Å². The van der Waals surface area contributed by atoms with Crippen LogP contribution in [0, 0.1) is 0 Å². The first-order valence-corrected chi connectivity index (χ1v) is 4.97. The van der Waals surface area contributed by atoms with Crippen molar-refractivity contribution in [1.29, 1.82) is 0 Å². The monoisotopic (exact) mass is 230 g/mol. The average Bonchev–Trinajstić information content (AvgIpc) is 2.32. The number of hydrogen-bond donors (Lipinski definition) is 0. The Morgan fingerprint density at radius 2 is 1.71 bits per heavy atom. The van der Waals surface area contributed by atoms with Crippen LogP contribution in [0.3, 0.4) is 0 Å². The lowest BCUT2D eigenvalue weighted by Crippen LogP contribution is -2.02. The molecule has 0 aliphatic heterocycles. The first-order chi connectivity index (χ1) is 8.24. The molecular weight excluding hydrogens is 220 g/mol. The SMILES string of the molecule is CC(=O)Oc1cnc(Oc2ccccc2)nc1. The molecule has 0 N–H and O–H groups in total. The molecule has 0 saturated heterocycles. The van der Waals surface area contributed by atoms with Crippen LogP contribution in [0.25, 0.3) is 0 Å². The normalized spacial score (nSPS) is 9.71. The van der Waals surface area contributed by atoms with Crippen LogP contribution in [0.15, 0.2) is 42.7 Å². The number of esters is 1. The van der Waals surface area contributed by atoms with Crippen LogP contribution in [0.1, 0.15) is 6.92 Å². The molecular formula is C12H10N2O3. The Hall–Kier alpha value is -2.43. The third-order valence-electron chi connectivity index (χ3n) is 1.82. The van der Waals surface area contributed by atoms with Gasteiger partial charge in [0.05, 0.1) is 12.4 Å². The molecule has 0 bridgehead atoms. The summed E-state index contributed by atoms with van der Waals surface area (Å²) in [4.78, 5) is 18.5. The summed E-state index contributed by atoms with van der Waals surface area (Å²) in [6, 6.07) is 9.38. The highest BCUT2D eigenvalue weighted by molar-refractivity contribution is 5.68. The number of benzene rings is 1. The van der Waals surface area contributed by atoms with Gasteiger partial charge in [0.25, 0.3) is 0 Å². The molecule has 0 saturated carbocycles. The minimum atomic E-state index is -0.412. The highest BCUT2D eigenvalue weighted by Gasteiger charge is 2.02. The molecule has 5 nitrogen and oxygen atoms in total. The Kier molecular flexibility index (Phi) is 3.30. The van der Waals surface area contributed by atoms with Crippen LogP contribution in [-0.2, 0) is 4.79 Å². The van der Waals surface area contributed by atoms with Gasteiger partial charge in [0.1, 0.15) is 5.75 Å². The topological polar surface area (TPSA) is 61.3 Å². The standard InChI is InChI=1S/C12H10N2O3/c1-9(15)16-11-7-13-12(14-8-11)17-10-5-3-2-4-6-10/h2-8H,1H3. The van der Waals surface area contributed by atoms with Crippen molar-refractivity contribution in [2.75, 3.05) is 0 Å². The summed E-state index contributed by atoms with van der Waals surface area (Å²) in [6.07, 6.45) is 2.76. The Bertz CT molecular complexity index is 497. The second-order valence-electron chi connectivity index (χ2n) is 3.21. The summed E-state index contributed by atoms with van der Waals surface area (Å²) in [5, 5.41) is 0.